The minimum atomic E-state index is -0.494. The van der Waals surface area contributed by atoms with Crippen LogP contribution >= 0.6 is 0 Å². The fourth-order valence-corrected chi connectivity index (χ4v) is 3.32. The molecule has 0 saturated heterocycles. The maximum Gasteiger partial charge on any atom is 0.344 e. The first kappa shape index (κ1) is 23.1. The van der Waals surface area contributed by atoms with Gasteiger partial charge in [0.05, 0.1) is 5.39 Å². The van der Waals surface area contributed by atoms with E-state index < -0.39 is 5.97 Å². The Kier molecular flexibility index (Phi) is 6.68. The Hall–Kier alpha value is -4.06. The number of hydrogen-bond acceptors (Lipinski definition) is 6. The maximum absolute atomic E-state index is 12.9. The minimum absolute atomic E-state index is 0.0267. The van der Waals surface area contributed by atoms with Crippen LogP contribution in [-0.2, 0) is 21.6 Å². The number of esters is 1. The van der Waals surface area contributed by atoms with Crippen LogP contribution in [0.2, 0.25) is 0 Å². The van der Waals surface area contributed by atoms with Crippen molar-refractivity contribution in [1.29, 1.82) is 0 Å². The van der Waals surface area contributed by atoms with Gasteiger partial charge in [-0.25, -0.2) is 4.79 Å². The lowest BCUT2D eigenvalue weighted by molar-refractivity contribution is -0.147. The van der Waals surface area contributed by atoms with Crippen molar-refractivity contribution in [2.24, 2.45) is 0 Å². The molecule has 0 bridgehead atoms. The minimum Gasteiger partial charge on any atom is -0.482 e. The lowest BCUT2D eigenvalue weighted by Crippen LogP contribution is -2.14. The SMILES string of the molecule is CC(C)(C)c1ccc(Oc2coc3cc(OCC(=O)OCc4ccccc4)ccc3c2=O)cc1. The summed E-state index contributed by atoms with van der Waals surface area (Å²) in [6.45, 7) is 6.32. The Morgan fingerprint density at radius 2 is 1.62 bits per heavy atom. The van der Waals surface area contributed by atoms with E-state index in [0.717, 1.165) is 5.56 Å². The molecule has 34 heavy (non-hydrogen) atoms. The van der Waals surface area contributed by atoms with E-state index in [1.807, 2.05) is 54.6 Å². The van der Waals surface area contributed by atoms with Gasteiger partial charge in [-0.2, -0.15) is 0 Å². The first-order valence-electron chi connectivity index (χ1n) is 11.0. The summed E-state index contributed by atoms with van der Waals surface area (Å²) in [5.41, 5.74) is 2.12. The smallest absolute Gasteiger partial charge is 0.344 e. The molecule has 0 aliphatic rings. The molecule has 0 saturated carbocycles. The molecule has 0 fully saturated rings. The molecule has 0 spiro atoms. The maximum atomic E-state index is 12.9. The number of rotatable bonds is 7. The van der Waals surface area contributed by atoms with Gasteiger partial charge in [0, 0.05) is 6.07 Å². The van der Waals surface area contributed by atoms with E-state index >= 15 is 0 Å². The van der Waals surface area contributed by atoms with Crippen molar-refractivity contribution >= 4 is 16.9 Å². The molecular weight excluding hydrogens is 432 g/mol. The third-order valence-electron chi connectivity index (χ3n) is 5.26. The molecule has 0 N–H and O–H groups in total. The molecule has 0 aliphatic heterocycles. The van der Waals surface area contributed by atoms with E-state index in [4.69, 9.17) is 18.6 Å². The fraction of sp³-hybridized carbons (Fsp3) is 0.214. The standard InChI is InChI=1S/C28H26O6/c1-28(2,3)20-9-11-21(12-10-20)34-25-17-32-24-15-22(13-14-23(24)27(25)30)31-18-26(29)33-16-19-7-5-4-6-8-19/h4-15,17H,16,18H2,1-3H3. The van der Waals surface area contributed by atoms with Gasteiger partial charge < -0.3 is 18.6 Å². The van der Waals surface area contributed by atoms with Crippen molar-refractivity contribution in [2.45, 2.75) is 32.8 Å². The number of hydrogen-bond donors (Lipinski definition) is 0. The zero-order valence-electron chi connectivity index (χ0n) is 19.4. The molecule has 4 rings (SSSR count). The number of fused-ring (bicyclic) bond motifs is 1. The molecule has 1 aromatic heterocycles. The molecule has 6 nitrogen and oxygen atoms in total. The molecule has 6 heteroatoms. The van der Waals surface area contributed by atoms with Crippen LogP contribution in [0, 0.1) is 0 Å². The summed E-state index contributed by atoms with van der Waals surface area (Å²) in [6.07, 6.45) is 1.28. The van der Waals surface area contributed by atoms with Crippen molar-refractivity contribution < 1.29 is 23.4 Å². The second-order valence-electron chi connectivity index (χ2n) is 8.90. The third kappa shape index (κ3) is 5.64. The first-order valence-corrected chi connectivity index (χ1v) is 11.0. The number of ether oxygens (including phenoxy) is 3. The lowest BCUT2D eigenvalue weighted by atomic mass is 9.87. The number of carbonyl (C=O) groups excluding carboxylic acids is 1. The Morgan fingerprint density at radius 3 is 2.32 bits per heavy atom. The van der Waals surface area contributed by atoms with Crippen LogP contribution in [0.25, 0.3) is 11.0 Å². The van der Waals surface area contributed by atoms with Crippen LogP contribution in [0.15, 0.2) is 88.3 Å². The van der Waals surface area contributed by atoms with Gasteiger partial charge in [-0.15, -0.1) is 0 Å². The van der Waals surface area contributed by atoms with Crippen LogP contribution in [0.1, 0.15) is 31.9 Å². The van der Waals surface area contributed by atoms with Gasteiger partial charge >= 0.3 is 5.97 Å². The van der Waals surface area contributed by atoms with E-state index in [1.54, 1.807) is 18.2 Å². The van der Waals surface area contributed by atoms with Crippen LogP contribution in [0.3, 0.4) is 0 Å². The highest BCUT2D eigenvalue weighted by Gasteiger charge is 2.15. The lowest BCUT2D eigenvalue weighted by Gasteiger charge is -2.19. The Balaban J connectivity index is 1.40. The molecule has 0 atom stereocenters. The zero-order chi connectivity index (χ0) is 24.1. The second-order valence-corrected chi connectivity index (χ2v) is 8.90. The predicted octanol–water partition coefficient (Wildman–Crippen LogP) is 6.01. The average Bonchev–Trinajstić information content (AvgIpc) is 2.83. The molecule has 3 aromatic carbocycles. The van der Waals surface area contributed by atoms with E-state index in [1.165, 1.54) is 11.8 Å². The van der Waals surface area contributed by atoms with Gasteiger partial charge in [-0.05, 0) is 40.8 Å². The highest BCUT2D eigenvalue weighted by atomic mass is 16.6. The van der Waals surface area contributed by atoms with Crippen molar-refractivity contribution in [3.63, 3.8) is 0 Å². The van der Waals surface area contributed by atoms with Gasteiger partial charge in [-0.1, -0.05) is 63.2 Å². The molecule has 0 unspecified atom stereocenters. The monoisotopic (exact) mass is 458 g/mol. The van der Waals surface area contributed by atoms with Crippen molar-refractivity contribution in [3.8, 4) is 17.2 Å². The van der Waals surface area contributed by atoms with Gasteiger partial charge in [0.2, 0.25) is 11.2 Å². The topological polar surface area (TPSA) is 75.0 Å². The summed E-state index contributed by atoms with van der Waals surface area (Å²) in [5, 5.41) is 0.350. The largest absolute Gasteiger partial charge is 0.482 e. The van der Waals surface area contributed by atoms with E-state index in [0.29, 0.717) is 22.5 Å². The van der Waals surface area contributed by atoms with E-state index in [-0.39, 0.29) is 29.8 Å². The van der Waals surface area contributed by atoms with Crippen molar-refractivity contribution in [1.82, 2.24) is 0 Å². The summed E-state index contributed by atoms with van der Waals surface area (Å²) in [5.74, 6) is 0.535. The second kappa shape index (κ2) is 9.83. The zero-order valence-corrected chi connectivity index (χ0v) is 19.4. The normalized spacial score (nSPS) is 11.3. The molecule has 0 aliphatic carbocycles. The molecule has 174 valence electrons. The average molecular weight is 459 g/mol. The molecule has 1 heterocycles. The quantitative estimate of drug-likeness (QED) is 0.316. The number of carbonyl (C=O) groups is 1. The summed E-state index contributed by atoms with van der Waals surface area (Å²) in [6, 6.07) is 21.8. The van der Waals surface area contributed by atoms with Gasteiger partial charge in [0.1, 0.15) is 30.0 Å². The van der Waals surface area contributed by atoms with Crippen LogP contribution < -0.4 is 14.9 Å². The van der Waals surface area contributed by atoms with Crippen LogP contribution in [0.4, 0.5) is 0 Å². The van der Waals surface area contributed by atoms with Crippen LogP contribution in [0.5, 0.6) is 17.2 Å². The molecule has 0 amide bonds. The predicted molar refractivity (Wildman–Crippen MR) is 129 cm³/mol. The molecular formula is C28H26O6. The van der Waals surface area contributed by atoms with E-state index in [9.17, 15) is 9.59 Å². The highest BCUT2D eigenvalue weighted by Crippen LogP contribution is 2.27. The van der Waals surface area contributed by atoms with Crippen molar-refractivity contribution in [3.05, 3.63) is 100 Å². The van der Waals surface area contributed by atoms with Gasteiger partial charge in [0.15, 0.2) is 6.61 Å². The highest BCUT2D eigenvalue weighted by molar-refractivity contribution is 5.79. The Bertz CT molecular complexity index is 1330. The summed E-state index contributed by atoms with van der Waals surface area (Å²) in [4.78, 5) is 24.8. The fourth-order valence-electron chi connectivity index (χ4n) is 3.32. The summed E-state index contributed by atoms with van der Waals surface area (Å²) in [7, 11) is 0. The summed E-state index contributed by atoms with van der Waals surface area (Å²) < 4.78 is 22.1. The Labute approximate surface area is 197 Å². The van der Waals surface area contributed by atoms with Gasteiger partial charge in [0.25, 0.3) is 0 Å². The number of benzene rings is 3. The molecule has 4 aromatic rings. The third-order valence-corrected chi connectivity index (χ3v) is 5.26. The summed E-state index contributed by atoms with van der Waals surface area (Å²) >= 11 is 0. The van der Waals surface area contributed by atoms with Crippen LogP contribution in [-0.4, -0.2) is 12.6 Å². The first-order chi connectivity index (χ1) is 16.3. The van der Waals surface area contributed by atoms with Crippen molar-refractivity contribution in [2.75, 3.05) is 6.61 Å². The van der Waals surface area contributed by atoms with Gasteiger partial charge in [-0.3, -0.25) is 4.79 Å². The Morgan fingerprint density at radius 1 is 0.912 bits per heavy atom. The molecule has 0 radical (unpaired) electrons. The van der Waals surface area contributed by atoms with E-state index in [2.05, 4.69) is 20.8 Å².